The van der Waals surface area contributed by atoms with Crippen LogP contribution in [0.15, 0.2) is 42.5 Å². The van der Waals surface area contributed by atoms with E-state index in [2.05, 4.69) is 30.9 Å². The first-order chi connectivity index (χ1) is 9.66. The van der Waals surface area contributed by atoms with Crippen LogP contribution in [0.3, 0.4) is 0 Å². The Bertz CT molecular complexity index is 623. The van der Waals surface area contributed by atoms with Gasteiger partial charge >= 0.3 is 0 Å². The normalized spacial score (nSPS) is 14.8. The molecule has 1 saturated carbocycles. The molecule has 0 unspecified atom stereocenters. The van der Waals surface area contributed by atoms with Crippen molar-refractivity contribution >= 4 is 16.7 Å². The van der Waals surface area contributed by atoms with Gasteiger partial charge in [0.25, 0.3) is 5.91 Å². The van der Waals surface area contributed by atoms with Gasteiger partial charge in [-0.15, -0.1) is 0 Å². The number of carbonyl (C=O) groups is 1. The van der Waals surface area contributed by atoms with E-state index in [1.807, 2.05) is 30.3 Å². The first-order valence-corrected chi connectivity index (χ1v) is 7.45. The molecule has 0 aromatic heterocycles. The Labute approximate surface area is 120 Å². The maximum atomic E-state index is 12.9. The van der Waals surface area contributed by atoms with Crippen molar-refractivity contribution in [2.24, 2.45) is 5.92 Å². The van der Waals surface area contributed by atoms with Crippen LogP contribution in [0.1, 0.15) is 37.0 Å². The van der Waals surface area contributed by atoms with E-state index in [9.17, 15) is 4.79 Å². The number of rotatable bonds is 4. The van der Waals surface area contributed by atoms with Gasteiger partial charge < -0.3 is 4.90 Å². The van der Waals surface area contributed by atoms with E-state index in [1.54, 1.807) is 0 Å². The molecule has 104 valence electrons. The number of hydrogen-bond acceptors (Lipinski definition) is 1. The third kappa shape index (κ3) is 2.55. The highest BCUT2D eigenvalue weighted by Crippen LogP contribution is 2.30. The summed E-state index contributed by atoms with van der Waals surface area (Å²) in [6, 6.07) is 14.6. The van der Waals surface area contributed by atoms with Crippen LogP contribution in [0.5, 0.6) is 0 Å². The number of nitrogens with zero attached hydrogens (tertiary/aromatic N) is 1. The highest BCUT2D eigenvalue weighted by Gasteiger charge is 2.33. The van der Waals surface area contributed by atoms with E-state index in [0.29, 0.717) is 12.0 Å². The molecule has 20 heavy (non-hydrogen) atoms. The fourth-order valence-corrected chi connectivity index (χ4v) is 2.74. The molecule has 1 aliphatic rings. The lowest BCUT2D eigenvalue weighted by molar-refractivity contribution is 0.0724. The van der Waals surface area contributed by atoms with Crippen molar-refractivity contribution in [1.82, 2.24) is 4.90 Å². The van der Waals surface area contributed by atoms with Gasteiger partial charge in [0, 0.05) is 18.2 Å². The highest BCUT2D eigenvalue weighted by molar-refractivity contribution is 6.07. The molecule has 1 amide bonds. The molecular weight excluding hydrogens is 246 g/mol. The van der Waals surface area contributed by atoms with Crippen LogP contribution in [-0.2, 0) is 0 Å². The molecule has 2 aromatic carbocycles. The fourth-order valence-electron chi connectivity index (χ4n) is 2.74. The molecule has 0 heterocycles. The summed E-state index contributed by atoms with van der Waals surface area (Å²) in [6.07, 6.45) is 2.31. The van der Waals surface area contributed by atoms with Crippen molar-refractivity contribution in [3.63, 3.8) is 0 Å². The van der Waals surface area contributed by atoms with Crippen molar-refractivity contribution in [2.45, 2.75) is 32.7 Å². The number of fused-ring (bicyclic) bond motifs is 1. The van der Waals surface area contributed by atoms with E-state index >= 15 is 0 Å². The number of hydrogen-bond donors (Lipinski definition) is 0. The molecule has 0 N–H and O–H groups in total. The summed E-state index contributed by atoms with van der Waals surface area (Å²) in [5.41, 5.74) is 0.843. The Morgan fingerprint density at radius 1 is 1.15 bits per heavy atom. The summed E-state index contributed by atoms with van der Waals surface area (Å²) < 4.78 is 0. The average Bonchev–Trinajstić information content (AvgIpc) is 3.28. The van der Waals surface area contributed by atoms with E-state index in [4.69, 9.17) is 0 Å². The lowest BCUT2D eigenvalue weighted by atomic mass is 10.0. The second-order valence-corrected chi connectivity index (χ2v) is 6.11. The van der Waals surface area contributed by atoms with Crippen LogP contribution >= 0.6 is 0 Å². The minimum Gasteiger partial charge on any atom is -0.335 e. The zero-order chi connectivity index (χ0) is 14.1. The van der Waals surface area contributed by atoms with Gasteiger partial charge in [-0.2, -0.15) is 0 Å². The summed E-state index contributed by atoms with van der Waals surface area (Å²) in [4.78, 5) is 15.0. The van der Waals surface area contributed by atoms with Gasteiger partial charge in [-0.1, -0.05) is 50.2 Å². The third-order valence-electron chi connectivity index (χ3n) is 3.83. The van der Waals surface area contributed by atoms with Gasteiger partial charge in [0.15, 0.2) is 0 Å². The quantitative estimate of drug-likeness (QED) is 0.816. The zero-order valence-electron chi connectivity index (χ0n) is 12.2. The SMILES string of the molecule is CC(C)CN(C(=O)c1cccc2ccccc12)C1CC1. The summed E-state index contributed by atoms with van der Waals surface area (Å²) in [5.74, 6) is 0.701. The first kappa shape index (κ1) is 13.2. The van der Waals surface area contributed by atoms with Gasteiger partial charge in [-0.05, 0) is 35.6 Å². The van der Waals surface area contributed by atoms with E-state index in [0.717, 1.165) is 35.7 Å². The molecule has 2 aromatic rings. The summed E-state index contributed by atoms with van der Waals surface area (Å²) in [6.45, 7) is 5.20. The topological polar surface area (TPSA) is 20.3 Å². The van der Waals surface area contributed by atoms with Crippen LogP contribution in [0.2, 0.25) is 0 Å². The van der Waals surface area contributed by atoms with Gasteiger partial charge in [-0.25, -0.2) is 0 Å². The lowest BCUT2D eigenvalue weighted by Gasteiger charge is -2.25. The second kappa shape index (κ2) is 5.28. The van der Waals surface area contributed by atoms with E-state index in [-0.39, 0.29) is 5.91 Å². The third-order valence-corrected chi connectivity index (χ3v) is 3.83. The largest absolute Gasteiger partial charge is 0.335 e. The van der Waals surface area contributed by atoms with Gasteiger partial charge in [0.1, 0.15) is 0 Å². The molecule has 1 aliphatic carbocycles. The lowest BCUT2D eigenvalue weighted by Crippen LogP contribution is -2.36. The standard InChI is InChI=1S/C18H21NO/c1-13(2)12-19(15-10-11-15)18(20)17-9-5-7-14-6-3-4-8-16(14)17/h3-9,13,15H,10-12H2,1-2H3. The molecule has 0 aliphatic heterocycles. The van der Waals surface area contributed by atoms with Crippen LogP contribution in [0, 0.1) is 5.92 Å². The Balaban J connectivity index is 1.98. The molecule has 0 bridgehead atoms. The average molecular weight is 267 g/mol. The van der Waals surface area contributed by atoms with Crippen LogP contribution < -0.4 is 0 Å². The fraction of sp³-hybridized carbons (Fsp3) is 0.389. The Hall–Kier alpha value is -1.83. The molecule has 0 atom stereocenters. The second-order valence-electron chi connectivity index (χ2n) is 6.11. The maximum absolute atomic E-state index is 12.9. The molecule has 1 fully saturated rings. The van der Waals surface area contributed by atoms with Gasteiger partial charge in [-0.3, -0.25) is 4.79 Å². The zero-order valence-corrected chi connectivity index (χ0v) is 12.2. The molecular formula is C18H21NO. The van der Waals surface area contributed by atoms with Crippen molar-refractivity contribution < 1.29 is 4.79 Å². The maximum Gasteiger partial charge on any atom is 0.254 e. The molecule has 0 radical (unpaired) electrons. The Morgan fingerprint density at radius 3 is 2.55 bits per heavy atom. The van der Waals surface area contributed by atoms with Crippen molar-refractivity contribution in [3.8, 4) is 0 Å². The van der Waals surface area contributed by atoms with Gasteiger partial charge in [0.05, 0.1) is 0 Å². The Morgan fingerprint density at radius 2 is 1.85 bits per heavy atom. The van der Waals surface area contributed by atoms with Crippen molar-refractivity contribution in [2.75, 3.05) is 6.54 Å². The highest BCUT2D eigenvalue weighted by atomic mass is 16.2. The van der Waals surface area contributed by atoms with Crippen LogP contribution in [0.4, 0.5) is 0 Å². The van der Waals surface area contributed by atoms with Gasteiger partial charge in [0.2, 0.25) is 0 Å². The number of carbonyl (C=O) groups excluding carboxylic acids is 1. The van der Waals surface area contributed by atoms with E-state index in [1.165, 1.54) is 0 Å². The predicted molar refractivity (Wildman–Crippen MR) is 82.8 cm³/mol. The number of benzene rings is 2. The van der Waals surface area contributed by atoms with Crippen molar-refractivity contribution in [3.05, 3.63) is 48.0 Å². The van der Waals surface area contributed by atoms with Crippen molar-refractivity contribution in [1.29, 1.82) is 0 Å². The van der Waals surface area contributed by atoms with E-state index < -0.39 is 0 Å². The summed E-state index contributed by atoms with van der Waals surface area (Å²) >= 11 is 0. The molecule has 3 rings (SSSR count). The molecule has 0 saturated heterocycles. The van der Waals surface area contributed by atoms with Crippen LogP contribution in [-0.4, -0.2) is 23.4 Å². The minimum atomic E-state index is 0.193. The molecule has 2 nitrogen and oxygen atoms in total. The molecule has 2 heteroatoms. The predicted octanol–water partition coefficient (Wildman–Crippen LogP) is 4.10. The Kier molecular flexibility index (Phi) is 3.47. The number of amides is 1. The first-order valence-electron chi connectivity index (χ1n) is 7.45. The summed E-state index contributed by atoms with van der Waals surface area (Å²) in [5, 5.41) is 2.20. The molecule has 0 spiro atoms. The monoisotopic (exact) mass is 267 g/mol. The van der Waals surface area contributed by atoms with Crippen LogP contribution in [0.25, 0.3) is 10.8 Å². The smallest absolute Gasteiger partial charge is 0.254 e. The summed E-state index contributed by atoms with van der Waals surface area (Å²) in [7, 11) is 0. The minimum absolute atomic E-state index is 0.193.